The molecule has 2 atom stereocenters. The fraction of sp³-hybridized carbons (Fsp3) is 0.455. The first kappa shape index (κ1) is 18.6. The molecule has 146 valence electrons. The van der Waals surface area contributed by atoms with Crippen LogP contribution in [0.4, 0.5) is 0 Å². The minimum absolute atomic E-state index is 0.0277. The number of nitrogens with zero attached hydrogens (tertiary/aromatic N) is 3. The Hall–Kier alpha value is -2.76. The van der Waals surface area contributed by atoms with Crippen LogP contribution in [-0.4, -0.2) is 45.8 Å². The lowest BCUT2D eigenvalue weighted by Crippen LogP contribution is -2.48. The van der Waals surface area contributed by atoms with Gasteiger partial charge in [0.25, 0.3) is 0 Å². The van der Waals surface area contributed by atoms with Gasteiger partial charge in [-0.15, -0.1) is 0 Å². The Morgan fingerprint density at radius 2 is 2.11 bits per heavy atom. The lowest BCUT2D eigenvalue weighted by atomic mass is 9.89. The summed E-state index contributed by atoms with van der Waals surface area (Å²) in [4.78, 5) is 35.5. The van der Waals surface area contributed by atoms with Gasteiger partial charge in [0.2, 0.25) is 11.8 Å². The largest absolute Gasteiger partial charge is 0.344 e. The molecule has 2 saturated heterocycles. The SMILES string of the molecule is Cc1cccc(-c2cnc(C)nc2[C@@H]2CCCN(C(=O)[C@@H]3CCC(=O)N3)C2)c1. The van der Waals surface area contributed by atoms with E-state index in [0.29, 0.717) is 19.4 Å². The van der Waals surface area contributed by atoms with E-state index in [1.807, 2.05) is 24.1 Å². The lowest BCUT2D eigenvalue weighted by Gasteiger charge is -2.34. The number of amides is 2. The second-order valence-electron chi connectivity index (χ2n) is 7.87. The summed E-state index contributed by atoms with van der Waals surface area (Å²) in [6.07, 6.45) is 4.88. The number of rotatable bonds is 3. The van der Waals surface area contributed by atoms with Gasteiger partial charge in [0, 0.05) is 37.2 Å². The topological polar surface area (TPSA) is 75.2 Å². The molecule has 1 aromatic heterocycles. The number of likely N-dealkylation sites (tertiary alicyclic amines) is 1. The van der Waals surface area contributed by atoms with Crippen LogP contribution in [0.5, 0.6) is 0 Å². The first-order chi connectivity index (χ1) is 13.5. The van der Waals surface area contributed by atoms with Crippen molar-refractivity contribution in [2.75, 3.05) is 13.1 Å². The van der Waals surface area contributed by atoms with Crippen LogP contribution < -0.4 is 5.32 Å². The fourth-order valence-electron chi connectivity index (χ4n) is 4.25. The van der Waals surface area contributed by atoms with Gasteiger partial charge < -0.3 is 10.2 Å². The third kappa shape index (κ3) is 3.77. The van der Waals surface area contributed by atoms with Gasteiger partial charge in [-0.25, -0.2) is 9.97 Å². The molecule has 6 nitrogen and oxygen atoms in total. The quantitative estimate of drug-likeness (QED) is 0.891. The first-order valence-corrected chi connectivity index (χ1v) is 10.00. The molecule has 0 bridgehead atoms. The molecule has 2 aromatic rings. The molecule has 2 amide bonds. The normalized spacial score (nSPS) is 22.2. The highest BCUT2D eigenvalue weighted by Gasteiger charge is 2.34. The summed E-state index contributed by atoms with van der Waals surface area (Å²) < 4.78 is 0. The highest BCUT2D eigenvalue weighted by molar-refractivity contribution is 5.90. The Kier molecular flexibility index (Phi) is 5.11. The van der Waals surface area contributed by atoms with Crippen molar-refractivity contribution >= 4 is 11.8 Å². The van der Waals surface area contributed by atoms with Crippen molar-refractivity contribution in [3.05, 3.63) is 47.5 Å². The standard InChI is InChI=1S/C22H26N4O2/c1-14-5-3-6-16(11-14)18-12-23-15(2)24-21(18)17-7-4-10-26(13-17)22(28)19-8-9-20(27)25-19/h3,5-6,11-12,17,19H,4,7-10,13H2,1-2H3,(H,25,27)/t17-,19+/m1/s1. The van der Waals surface area contributed by atoms with Crippen molar-refractivity contribution in [1.82, 2.24) is 20.2 Å². The fourth-order valence-corrected chi connectivity index (χ4v) is 4.25. The van der Waals surface area contributed by atoms with E-state index in [1.165, 1.54) is 5.56 Å². The average molecular weight is 378 g/mol. The van der Waals surface area contributed by atoms with Crippen LogP contribution in [0.1, 0.15) is 48.7 Å². The number of aryl methyl sites for hydroxylation is 2. The Bertz CT molecular complexity index is 911. The predicted molar refractivity (Wildman–Crippen MR) is 107 cm³/mol. The Labute approximate surface area is 165 Å². The van der Waals surface area contributed by atoms with E-state index in [2.05, 4.69) is 35.4 Å². The van der Waals surface area contributed by atoms with Gasteiger partial charge in [-0.2, -0.15) is 0 Å². The van der Waals surface area contributed by atoms with E-state index in [4.69, 9.17) is 4.98 Å². The number of benzene rings is 1. The summed E-state index contributed by atoms with van der Waals surface area (Å²) in [6, 6.07) is 8.00. The molecule has 28 heavy (non-hydrogen) atoms. The molecule has 1 aromatic carbocycles. The van der Waals surface area contributed by atoms with Crippen molar-refractivity contribution in [3.63, 3.8) is 0 Å². The van der Waals surface area contributed by atoms with E-state index in [-0.39, 0.29) is 23.8 Å². The minimum atomic E-state index is -0.366. The Morgan fingerprint density at radius 3 is 2.86 bits per heavy atom. The molecular weight excluding hydrogens is 352 g/mol. The summed E-state index contributed by atoms with van der Waals surface area (Å²) in [5, 5.41) is 2.80. The lowest BCUT2D eigenvalue weighted by molar-refractivity contribution is -0.135. The predicted octanol–water partition coefficient (Wildman–Crippen LogP) is 2.75. The van der Waals surface area contributed by atoms with E-state index < -0.39 is 0 Å². The number of nitrogens with one attached hydrogen (secondary N) is 1. The molecule has 1 N–H and O–H groups in total. The van der Waals surface area contributed by atoms with Crippen LogP contribution in [0.2, 0.25) is 0 Å². The second-order valence-corrected chi connectivity index (χ2v) is 7.87. The van der Waals surface area contributed by atoms with Gasteiger partial charge in [-0.05, 0) is 38.7 Å². The summed E-state index contributed by atoms with van der Waals surface area (Å²) in [5.74, 6) is 0.934. The molecule has 0 spiro atoms. The zero-order valence-corrected chi connectivity index (χ0v) is 16.4. The maximum absolute atomic E-state index is 12.9. The smallest absolute Gasteiger partial charge is 0.245 e. The minimum Gasteiger partial charge on any atom is -0.344 e. The maximum atomic E-state index is 12.9. The zero-order valence-electron chi connectivity index (χ0n) is 16.4. The van der Waals surface area contributed by atoms with Gasteiger partial charge in [0.05, 0.1) is 5.69 Å². The second kappa shape index (κ2) is 7.70. The van der Waals surface area contributed by atoms with Crippen molar-refractivity contribution in [1.29, 1.82) is 0 Å². The van der Waals surface area contributed by atoms with Gasteiger partial charge >= 0.3 is 0 Å². The molecule has 3 heterocycles. The van der Waals surface area contributed by atoms with Crippen molar-refractivity contribution < 1.29 is 9.59 Å². The van der Waals surface area contributed by atoms with Crippen molar-refractivity contribution in [3.8, 4) is 11.1 Å². The molecule has 2 fully saturated rings. The number of carbonyl (C=O) groups excluding carboxylic acids is 2. The van der Waals surface area contributed by atoms with Gasteiger partial charge in [-0.1, -0.05) is 29.8 Å². The molecule has 0 unspecified atom stereocenters. The summed E-state index contributed by atoms with van der Waals surface area (Å²) in [6.45, 7) is 5.37. The third-order valence-corrected chi connectivity index (χ3v) is 5.68. The van der Waals surface area contributed by atoms with Crippen LogP contribution in [0.3, 0.4) is 0 Å². The van der Waals surface area contributed by atoms with E-state index >= 15 is 0 Å². The zero-order chi connectivity index (χ0) is 19.7. The Morgan fingerprint density at radius 1 is 1.25 bits per heavy atom. The van der Waals surface area contributed by atoms with E-state index in [9.17, 15) is 9.59 Å². The van der Waals surface area contributed by atoms with Crippen LogP contribution in [-0.2, 0) is 9.59 Å². The molecule has 2 aliphatic heterocycles. The number of hydrogen-bond donors (Lipinski definition) is 1. The first-order valence-electron chi connectivity index (χ1n) is 10.00. The average Bonchev–Trinajstić information content (AvgIpc) is 3.14. The molecule has 0 saturated carbocycles. The van der Waals surface area contributed by atoms with Crippen LogP contribution >= 0.6 is 0 Å². The van der Waals surface area contributed by atoms with E-state index in [1.54, 1.807) is 0 Å². The molecule has 0 aliphatic carbocycles. The number of aromatic nitrogens is 2. The number of hydrogen-bond acceptors (Lipinski definition) is 4. The third-order valence-electron chi connectivity index (χ3n) is 5.68. The monoisotopic (exact) mass is 378 g/mol. The van der Waals surface area contributed by atoms with Crippen LogP contribution in [0.15, 0.2) is 30.5 Å². The summed E-state index contributed by atoms with van der Waals surface area (Å²) in [7, 11) is 0. The highest BCUT2D eigenvalue weighted by atomic mass is 16.2. The molecule has 6 heteroatoms. The highest BCUT2D eigenvalue weighted by Crippen LogP contribution is 2.33. The van der Waals surface area contributed by atoms with Gasteiger partial charge in [0.15, 0.2) is 0 Å². The van der Waals surface area contributed by atoms with E-state index in [0.717, 1.165) is 42.0 Å². The van der Waals surface area contributed by atoms with Gasteiger partial charge in [0.1, 0.15) is 11.9 Å². The van der Waals surface area contributed by atoms with Crippen molar-refractivity contribution in [2.24, 2.45) is 0 Å². The summed E-state index contributed by atoms with van der Waals surface area (Å²) >= 11 is 0. The molecule has 0 radical (unpaired) electrons. The maximum Gasteiger partial charge on any atom is 0.245 e. The number of carbonyl (C=O) groups is 2. The molecule has 4 rings (SSSR count). The van der Waals surface area contributed by atoms with Crippen LogP contribution in [0.25, 0.3) is 11.1 Å². The Balaban J connectivity index is 1.61. The van der Waals surface area contributed by atoms with Crippen molar-refractivity contribution in [2.45, 2.75) is 51.5 Å². The molecule has 2 aliphatic rings. The molecular formula is C22H26N4O2. The van der Waals surface area contributed by atoms with Crippen LogP contribution in [0, 0.1) is 13.8 Å². The summed E-state index contributed by atoms with van der Waals surface area (Å²) in [5.41, 5.74) is 4.37. The van der Waals surface area contributed by atoms with Gasteiger partial charge in [-0.3, -0.25) is 9.59 Å². The number of piperidine rings is 1.